The van der Waals surface area contributed by atoms with E-state index in [4.69, 9.17) is 10.5 Å². The molecule has 1 amide bonds. The first kappa shape index (κ1) is 28.7. The van der Waals surface area contributed by atoms with Gasteiger partial charge >= 0.3 is 6.18 Å². The minimum atomic E-state index is -4.58. The Morgan fingerprint density at radius 2 is 1.83 bits per heavy atom. The quantitative estimate of drug-likeness (QED) is 0.323. The van der Waals surface area contributed by atoms with Gasteiger partial charge in [-0.3, -0.25) is 4.79 Å². The topological polar surface area (TPSA) is 96.6 Å². The summed E-state index contributed by atoms with van der Waals surface area (Å²) in [4.78, 5) is 25.8. The van der Waals surface area contributed by atoms with Crippen LogP contribution in [0.15, 0.2) is 60.9 Å². The van der Waals surface area contributed by atoms with E-state index < -0.39 is 17.6 Å². The van der Waals surface area contributed by atoms with E-state index in [1.165, 1.54) is 25.6 Å². The number of hydrogen-bond acceptors (Lipinski definition) is 7. The Morgan fingerprint density at radius 1 is 1.12 bits per heavy atom. The predicted molar refractivity (Wildman–Crippen MR) is 157 cm³/mol. The van der Waals surface area contributed by atoms with Crippen molar-refractivity contribution in [1.82, 2.24) is 14.9 Å². The molecule has 3 N–H and O–H groups in total. The lowest BCUT2D eigenvalue weighted by Gasteiger charge is -2.29. The number of nitrogens with one attached hydrogen (secondary N) is 1. The lowest BCUT2D eigenvalue weighted by atomic mass is 9.98. The first-order chi connectivity index (χ1) is 20.0. The number of carbonyl (C=O) groups is 1. The minimum Gasteiger partial charge on any atom is -0.495 e. The number of aromatic nitrogens is 2. The van der Waals surface area contributed by atoms with Gasteiger partial charge in [0.2, 0.25) is 5.95 Å². The fourth-order valence-corrected chi connectivity index (χ4v) is 5.12. The highest BCUT2D eigenvalue weighted by Crippen LogP contribution is 2.38. The molecule has 1 aliphatic rings. The van der Waals surface area contributed by atoms with Crippen LogP contribution in [0.1, 0.15) is 33.5 Å². The number of methoxy groups -OCH3 is 1. The van der Waals surface area contributed by atoms with E-state index in [9.17, 15) is 18.0 Å². The number of nitrogen functional groups attached to an aromatic ring is 1. The van der Waals surface area contributed by atoms with Gasteiger partial charge in [-0.1, -0.05) is 36.1 Å². The van der Waals surface area contributed by atoms with Gasteiger partial charge in [0.15, 0.2) is 0 Å². The van der Waals surface area contributed by atoms with Crippen LogP contribution in [0.3, 0.4) is 0 Å². The number of benzene rings is 3. The summed E-state index contributed by atoms with van der Waals surface area (Å²) in [5.74, 6) is 5.81. The van der Waals surface area contributed by atoms with Crippen LogP contribution in [-0.4, -0.2) is 61.1 Å². The van der Waals surface area contributed by atoms with E-state index in [1.54, 1.807) is 18.2 Å². The number of nitrogens with two attached hydrogens (primary N) is 1. The van der Waals surface area contributed by atoms with Crippen LogP contribution < -0.4 is 20.7 Å². The Bertz CT molecular complexity index is 1700. The lowest BCUT2D eigenvalue weighted by molar-refractivity contribution is -0.137. The van der Waals surface area contributed by atoms with Crippen LogP contribution in [0, 0.1) is 11.8 Å². The highest BCUT2D eigenvalue weighted by atomic mass is 19.4. The van der Waals surface area contributed by atoms with Gasteiger partial charge in [-0.05, 0) is 44.3 Å². The number of carbonyl (C=O) groups excluding carboxylic acids is 1. The third-order valence-electron chi connectivity index (χ3n) is 7.32. The molecule has 4 aromatic rings. The summed E-state index contributed by atoms with van der Waals surface area (Å²) >= 11 is 0. The van der Waals surface area contributed by atoms with Crippen molar-refractivity contribution in [3.05, 3.63) is 83.2 Å². The van der Waals surface area contributed by atoms with Gasteiger partial charge in [0.25, 0.3) is 5.91 Å². The van der Waals surface area contributed by atoms with Crippen molar-refractivity contribution in [2.75, 3.05) is 50.2 Å². The molecule has 11 heteroatoms. The summed E-state index contributed by atoms with van der Waals surface area (Å²) in [6.45, 7) is 1.63. The average Bonchev–Trinajstić information content (AvgIpc) is 3.41. The molecule has 216 valence electrons. The molecule has 8 nitrogen and oxygen atoms in total. The molecule has 0 aliphatic carbocycles. The molecule has 1 aromatic heterocycles. The Hall–Kier alpha value is -4.82. The number of ether oxygens (including phenoxy) is 1. The molecule has 1 fully saturated rings. The fraction of sp³-hybridized carbons (Fsp3) is 0.258. The molecule has 3 aromatic carbocycles. The first-order valence-electron chi connectivity index (χ1n) is 13.2. The van der Waals surface area contributed by atoms with Gasteiger partial charge in [0.05, 0.1) is 35.2 Å². The van der Waals surface area contributed by atoms with Crippen molar-refractivity contribution >= 4 is 34.0 Å². The number of nitrogens with zero attached hydrogens (tertiary/aromatic N) is 4. The number of rotatable bonds is 5. The van der Waals surface area contributed by atoms with E-state index in [-0.39, 0.29) is 29.0 Å². The zero-order valence-corrected chi connectivity index (χ0v) is 23.3. The monoisotopic (exact) mass is 574 g/mol. The highest BCUT2D eigenvalue weighted by molar-refractivity contribution is 6.12. The molecule has 0 radical (unpaired) electrons. The normalized spacial score (nSPS) is 15.2. The van der Waals surface area contributed by atoms with E-state index in [2.05, 4.69) is 32.0 Å². The maximum absolute atomic E-state index is 13.8. The van der Waals surface area contributed by atoms with Gasteiger partial charge in [0.1, 0.15) is 5.75 Å². The van der Waals surface area contributed by atoms with E-state index in [1.807, 2.05) is 31.1 Å². The molecule has 1 saturated heterocycles. The number of hydrogen-bond donors (Lipinski definition) is 2. The van der Waals surface area contributed by atoms with Gasteiger partial charge in [-0.25, -0.2) is 9.97 Å². The van der Waals surface area contributed by atoms with Crippen molar-refractivity contribution in [2.45, 2.75) is 18.6 Å². The Morgan fingerprint density at radius 3 is 2.48 bits per heavy atom. The smallest absolute Gasteiger partial charge is 0.416 e. The number of amides is 1. The molecule has 0 bridgehead atoms. The van der Waals surface area contributed by atoms with Crippen LogP contribution >= 0.6 is 0 Å². The summed E-state index contributed by atoms with van der Waals surface area (Å²) in [5.41, 5.74) is 6.40. The van der Waals surface area contributed by atoms with Gasteiger partial charge < -0.3 is 25.6 Å². The second-order valence-corrected chi connectivity index (χ2v) is 10.1. The summed E-state index contributed by atoms with van der Waals surface area (Å²) in [6, 6.07) is 12.3. The van der Waals surface area contributed by atoms with Crippen LogP contribution in [0.4, 0.5) is 30.5 Å². The average molecular weight is 575 g/mol. The predicted octanol–water partition coefficient (Wildman–Crippen LogP) is 5.03. The second kappa shape index (κ2) is 11.6. The van der Waals surface area contributed by atoms with Crippen LogP contribution in [0.2, 0.25) is 0 Å². The van der Waals surface area contributed by atoms with Crippen molar-refractivity contribution in [3.8, 4) is 17.6 Å². The third kappa shape index (κ3) is 5.94. The van der Waals surface area contributed by atoms with E-state index in [0.29, 0.717) is 22.2 Å². The zero-order valence-electron chi connectivity index (χ0n) is 23.3. The SMILES string of the molecule is COc1c(C(=O)Nc2cc(C(F)(F)F)ccc2N(C)C2CCN(C)C2)cc(C#Cc2cnc(N)nc2)c2ccccc12. The van der Waals surface area contributed by atoms with Crippen molar-refractivity contribution in [1.29, 1.82) is 0 Å². The molecule has 0 spiro atoms. The number of likely N-dealkylation sites (N-methyl/N-ethyl adjacent to an activating group) is 2. The second-order valence-electron chi connectivity index (χ2n) is 10.1. The lowest BCUT2D eigenvalue weighted by Crippen LogP contribution is -2.34. The number of likely N-dealkylation sites (tertiary alicyclic amines) is 1. The third-order valence-corrected chi connectivity index (χ3v) is 7.32. The number of anilines is 3. The number of fused-ring (bicyclic) bond motifs is 1. The Balaban J connectivity index is 1.58. The first-order valence-corrected chi connectivity index (χ1v) is 13.2. The Kier molecular flexibility index (Phi) is 7.91. The van der Waals surface area contributed by atoms with Crippen LogP contribution in [-0.2, 0) is 6.18 Å². The number of alkyl halides is 3. The van der Waals surface area contributed by atoms with Gasteiger partial charge in [-0.15, -0.1) is 0 Å². The largest absolute Gasteiger partial charge is 0.495 e. The van der Waals surface area contributed by atoms with Gasteiger partial charge in [0, 0.05) is 48.4 Å². The molecule has 1 unspecified atom stereocenters. The summed E-state index contributed by atoms with van der Waals surface area (Å²) in [7, 11) is 5.26. The maximum atomic E-state index is 13.8. The number of halogens is 3. The Labute approximate surface area is 241 Å². The molecule has 2 heterocycles. The molecule has 1 aliphatic heterocycles. The molecule has 42 heavy (non-hydrogen) atoms. The van der Waals surface area contributed by atoms with Crippen molar-refractivity contribution < 1.29 is 22.7 Å². The zero-order chi connectivity index (χ0) is 30.0. The summed E-state index contributed by atoms with van der Waals surface area (Å²) in [5, 5.41) is 4.11. The molecule has 0 saturated carbocycles. The van der Waals surface area contributed by atoms with E-state index >= 15 is 0 Å². The molecule has 5 rings (SSSR count). The summed E-state index contributed by atoms with van der Waals surface area (Å²) < 4.78 is 46.8. The maximum Gasteiger partial charge on any atom is 0.416 e. The summed E-state index contributed by atoms with van der Waals surface area (Å²) in [6.07, 6.45) is -0.759. The van der Waals surface area contributed by atoms with E-state index in [0.717, 1.165) is 37.0 Å². The van der Waals surface area contributed by atoms with Crippen LogP contribution in [0.5, 0.6) is 5.75 Å². The fourth-order valence-electron chi connectivity index (χ4n) is 5.12. The molecule has 1 atom stereocenters. The molecular formula is C31H29F3N6O2. The minimum absolute atomic E-state index is 0.0498. The standard InChI is InChI=1S/C31H29F3N6O2/c1-39-13-12-22(18-39)40(2)27-11-10-21(31(32,33)34)15-26(27)38-29(41)25-14-20(9-8-19-16-36-30(35)37-17-19)23-6-4-5-7-24(23)28(25)42-3/h4-7,10-11,14-17,22H,12-13,18H2,1-3H3,(H,38,41)(H2,35,36,37). The van der Waals surface area contributed by atoms with Crippen molar-refractivity contribution in [2.24, 2.45) is 0 Å². The highest BCUT2D eigenvalue weighted by Gasteiger charge is 2.33. The van der Waals surface area contributed by atoms with Crippen LogP contribution in [0.25, 0.3) is 10.8 Å². The van der Waals surface area contributed by atoms with Crippen molar-refractivity contribution in [3.63, 3.8) is 0 Å². The van der Waals surface area contributed by atoms with Gasteiger partial charge in [-0.2, -0.15) is 13.2 Å². The molecular weight excluding hydrogens is 545 g/mol.